The molecule has 0 radical (unpaired) electrons. The maximum atomic E-state index is 13.5. The number of methoxy groups -OCH3 is 2. The van der Waals surface area contributed by atoms with Crippen LogP contribution in [0.15, 0.2) is 72.3 Å². The summed E-state index contributed by atoms with van der Waals surface area (Å²) in [5, 5.41) is 22.2. The number of nitrogens with zero attached hydrogens (tertiary/aromatic N) is 2. The lowest BCUT2D eigenvalue weighted by molar-refractivity contribution is -0.384. The molecule has 9 nitrogen and oxygen atoms in total. The van der Waals surface area contributed by atoms with E-state index in [9.17, 15) is 38.0 Å². The number of halogens is 3. The van der Waals surface area contributed by atoms with Crippen LogP contribution in [0, 0.1) is 10.1 Å². The molecule has 0 spiro atoms. The largest absolute Gasteiger partial charge is 0.507 e. The first-order chi connectivity index (χ1) is 18.0. The Hall–Kier alpha value is -4.87. The number of benzene rings is 3. The number of nitro benzene ring substituents is 1. The minimum absolute atomic E-state index is 0.0184. The van der Waals surface area contributed by atoms with Crippen LogP contribution in [-0.4, -0.2) is 35.9 Å². The van der Waals surface area contributed by atoms with Crippen molar-refractivity contribution < 1.29 is 42.3 Å². The maximum Gasteiger partial charge on any atom is 0.416 e. The summed E-state index contributed by atoms with van der Waals surface area (Å²) >= 11 is 0. The van der Waals surface area contributed by atoms with Crippen LogP contribution in [0.1, 0.15) is 22.7 Å². The zero-order valence-corrected chi connectivity index (χ0v) is 19.9. The molecular formula is C26H19F3N2O7. The van der Waals surface area contributed by atoms with Gasteiger partial charge in [-0.2, -0.15) is 13.2 Å². The number of carbonyl (C=O) groups excluding carboxylic acids is 2. The van der Waals surface area contributed by atoms with E-state index in [-0.39, 0.29) is 28.3 Å². The van der Waals surface area contributed by atoms with Crippen molar-refractivity contribution in [2.75, 3.05) is 19.1 Å². The number of non-ortho nitro benzene ring substituents is 1. The molecule has 1 N–H and O–H groups in total. The number of Topliss-reactive ketones (excluding diaryl/α,β-unsaturated/α-hetero) is 1. The zero-order chi connectivity index (χ0) is 27.8. The summed E-state index contributed by atoms with van der Waals surface area (Å²) in [4.78, 5) is 37.7. The fourth-order valence-electron chi connectivity index (χ4n) is 4.17. The highest BCUT2D eigenvalue weighted by atomic mass is 19.4. The number of aliphatic hydroxyl groups is 1. The van der Waals surface area contributed by atoms with E-state index in [0.717, 1.165) is 35.2 Å². The van der Waals surface area contributed by atoms with Crippen molar-refractivity contribution in [1.82, 2.24) is 0 Å². The number of hydrogen-bond donors (Lipinski definition) is 1. The van der Waals surface area contributed by atoms with Crippen molar-refractivity contribution in [2.45, 2.75) is 12.2 Å². The number of aliphatic hydroxyl groups excluding tert-OH is 1. The topological polar surface area (TPSA) is 119 Å². The van der Waals surface area contributed by atoms with Gasteiger partial charge in [0.05, 0.1) is 36.3 Å². The van der Waals surface area contributed by atoms with Crippen LogP contribution < -0.4 is 14.4 Å². The average Bonchev–Trinajstić information content (AvgIpc) is 3.17. The monoisotopic (exact) mass is 528 g/mol. The number of nitro groups is 1. The molecule has 0 saturated carbocycles. The molecule has 3 aromatic carbocycles. The summed E-state index contributed by atoms with van der Waals surface area (Å²) in [5.41, 5.74) is -1.85. The number of carbonyl (C=O) groups is 2. The van der Waals surface area contributed by atoms with Gasteiger partial charge in [0.15, 0.2) is 0 Å². The SMILES string of the molecule is COc1ccc([C@@H]2/C(=C(\O)c3ccc([N+](=O)[O-])cc3)C(=O)C(=O)N2c2cccc(C(F)(F)F)c2)c(OC)c1. The number of amides is 1. The number of ketones is 1. The Morgan fingerprint density at radius 1 is 1.00 bits per heavy atom. The van der Waals surface area contributed by atoms with Crippen molar-refractivity contribution in [3.63, 3.8) is 0 Å². The van der Waals surface area contributed by atoms with Gasteiger partial charge in [0.2, 0.25) is 0 Å². The number of rotatable bonds is 6. The summed E-state index contributed by atoms with van der Waals surface area (Å²) in [7, 11) is 2.71. The first kappa shape index (κ1) is 26.2. The Morgan fingerprint density at radius 2 is 1.68 bits per heavy atom. The molecule has 1 amide bonds. The molecule has 1 aliphatic heterocycles. The van der Waals surface area contributed by atoms with Crippen LogP contribution in [0.5, 0.6) is 11.5 Å². The van der Waals surface area contributed by atoms with E-state index in [4.69, 9.17) is 9.47 Å². The summed E-state index contributed by atoms with van der Waals surface area (Å²) in [6, 6.07) is 11.4. The lowest BCUT2D eigenvalue weighted by Gasteiger charge is -2.27. The van der Waals surface area contributed by atoms with Crippen LogP contribution >= 0.6 is 0 Å². The number of ether oxygens (including phenoxy) is 2. The summed E-state index contributed by atoms with van der Waals surface area (Å²) in [6.45, 7) is 0. The third-order valence-electron chi connectivity index (χ3n) is 5.98. The normalized spacial score (nSPS) is 17.0. The maximum absolute atomic E-state index is 13.5. The fraction of sp³-hybridized carbons (Fsp3) is 0.154. The van der Waals surface area contributed by atoms with Gasteiger partial charge in [0.25, 0.3) is 17.4 Å². The molecule has 0 unspecified atom stereocenters. The lowest BCUT2D eigenvalue weighted by atomic mass is 9.94. The molecule has 0 aliphatic carbocycles. The standard InChI is InChI=1S/C26H19F3N2O7/c1-37-18-10-11-19(20(13-18)38-2)22-21(23(32)14-6-8-16(9-7-14)31(35)36)24(33)25(34)30(22)17-5-3-4-15(12-17)26(27,28)29/h3-13,22,32H,1-2H3/b23-21+/t22-/m1/s1. The molecule has 1 fully saturated rings. The van der Waals surface area contributed by atoms with Crippen LogP contribution in [0.25, 0.3) is 5.76 Å². The van der Waals surface area contributed by atoms with E-state index in [2.05, 4.69) is 0 Å². The van der Waals surface area contributed by atoms with Crippen LogP contribution in [0.2, 0.25) is 0 Å². The van der Waals surface area contributed by atoms with E-state index in [1.54, 1.807) is 0 Å². The van der Waals surface area contributed by atoms with Gasteiger partial charge in [-0.15, -0.1) is 0 Å². The molecule has 0 aromatic heterocycles. The molecule has 38 heavy (non-hydrogen) atoms. The van der Waals surface area contributed by atoms with E-state index >= 15 is 0 Å². The van der Waals surface area contributed by atoms with Crippen molar-refractivity contribution in [3.8, 4) is 11.5 Å². The van der Waals surface area contributed by atoms with Crippen molar-refractivity contribution in [3.05, 3.63) is 99.1 Å². The second-order valence-electron chi connectivity index (χ2n) is 8.13. The number of alkyl halides is 3. The van der Waals surface area contributed by atoms with E-state index in [1.165, 1.54) is 50.6 Å². The van der Waals surface area contributed by atoms with Gasteiger partial charge in [-0.1, -0.05) is 6.07 Å². The average molecular weight is 528 g/mol. The molecule has 1 heterocycles. The van der Waals surface area contributed by atoms with Crippen molar-refractivity contribution in [2.24, 2.45) is 0 Å². The minimum atomic E-state index is -4.73. The van der Waals surface area contributed by atoms with E-state index < -0.39 is 45.7 Å². The summed E-state index contributed by atoms with van der Waals surface area (Å²) < 4.78 is 51.0. The highest BCUT2D eigenvalue weighted by Gasteiger charge is 2.48. The Balaban J connectivity index is 1.98. The first-order valence-corrected chi connectivity index (χ1v) is 10.9. The Bertz CT molecular complexity index is 1470. The zero-order valence-electron chi connectivity index (χ0n) is 19.9. The summed E-state index contributed by atoms with van der Waals surface area (Å²) in [6.07, 6.45) is -4.73. The highest BCUT2D eigenvalue weighted by molar-refractivity contribution is 6.51. The van der Waals surface area contributed by atoms with Crippen LogP contribution in [-0.2, 0) is 15.8 Å². The Morgan fingerprint density at radius 3 is 2.26 bits per heavy atom. The molecule has 196 valence electrons. The molecule has 0 bridgehead atoms. The van der Waals surface area contributed by atoms with Crippen molar-refractivity contribution in [1.29, 1.82) is 0 Å². The molecule has 1 atom stereocenters. The van der Waals surface area contributed by atoms with Gasteiger partial charge in [-0.3, -0.25) is 24.6 Å². The molecule has 3 aromatic rings. The second-order valence-corrected chi connectivity index (χ2v) is 8.13. The lowest BCUT2D eigenvalue weighted by Crippen LogP contribution is -2.30. The number of hydrogen-bond acceptors (Lipinski definition) is 7. The Kier molecular flexibility index (Phi) is 6.81. The predicted molar refractivity (Wildman–Crippen MR) is 129 cm³/mol. The van der Waals surface area contributed by atoms with Crippen LogP contribution in [0.3, 0.4) is 0 Å². The number of anilines is 1. The van der Waals surface area contributed by atoms with Gasteiger partial charge in [-0.05, 0) is 42.5 Å². The van der Waals surface area contributed by atoms with E-state index in [1.807, 2.05) is 0 Å². The van der Waals surface area contributed by atoms with Crippen molar-refractivity contribution >= 4 is 28.8 Å². The minimum Gasteiger partial charge on any atom is -0.507 e. The van der Waals surface area contributed by atoms with Gasteiger partial charge in [0, 0.05) is 35.0 Å². The van der Waals surface area contributed by atoms with Gasteiger partial charge in [0.1, 0.15) is 17.3 Å². The second kappa shape index (κ2) is 9.88. The van der Waals surface area contributed by atoms with Crippen LogP contribution in [0.4, 0.5) is 24.5 Å². The Labute approximate surface area is 213 Å². The molecule has 1 aliphatic rings. The fourth-order valence-corrected chi connectivity index (χ4v) is 4.17. The first-order valence-electron chi connectivity index (χ1n) is 10.9. The molecule has 12 heteroatoms. The third kappa shape index (κ3) is 4.63. The smallest absolute Gasteiger partial charge is 0.416 e. The quantitative estimate of drug-likeness (QED) is 0.152. The third-order valence-corrected chi connectivity index (χ3v) is 5.98. The summed E-state index contributed by atoms with van der Waals surface area (Å²) in [5.74, 6) is -2.53. The molecular weight excluding hydrogens is 509 g/mol. The van der Waals surface area contributed by atoms with Gasteiger partial charge < -0.3 is 14.6 Å². The highest BCUT2D eigenvalue weighted by Crippen LogP contribution is 2.46. The molecule has 1 saturated heterocycles. The molecule has 4 rings (SSSR count). The van der Waals surface area contributed by atoms with Gasteiger partial charge in [-0.25, -0.2) is 0 Å². The predicted octanol–water partition coefficient (Wildman–Crippen LogP) is 5.26. The van der Waals surface area contributed by atoms with E-state index in [0.29, 0.717) is 5.75 Å². The van der Waals surface area contributed by atoms with Gasteiger partial charge >= 0.3 is 6.18 Å².